The zero-order valence-corrected chi connectivity index (χ0v) is 12.0. The van der Waals surface area contributed by atoms with E-state index in [0.29, 0.717) is 10.6 Å². The molecule has 104 valence electrons. The summed E-state index contributed by atoms with van der Waals surface area (Å²) in [6.07, 6.45) is 3.72. The summed E-state index contributed by atoms with van der Waals surface area (Å²) in [7, 11) is 0. The van der Waals surface area contributed by atoms with Crippen LogP contribution in [-0.2, 0) is 0 Å². The molecule has 5 heteroatoms. The summed E-state index contributed by atoms with van der Waals surface area (Å²) in [4.78, 5) is 22.1. The van der Waals surface area contributed by atoms with Crippen LogP contribution in [0.5, 0.6) is 0 Å². The van der Waals surface area contributed by atoms with Gasteiger partial charge in [0.25, 0.3) is 5.91 Å². The lowest BCUT2D eigenvalue weighted by Gasteiger charge is -2.23. The smallest absolute Gasteiger partial charge is 0.255 e. The van der Waals surface area contributed by atoms with Crippen molar-refractivity contribution in [2.75, 3.05) is 6.54 Å². The molecular formula is C15H16ClN3O. The van der Waals surface area contributed by atoms with Gasteiger partial charge >= 0.3 is 0 Å². The average molecular weight is 290 g/mol. The van der Waals surface area contributed by atoms with Crippen molar-refractivity contribution in [3.05, 3.63) is 52.6 Å². The predicted octanol–water partition coefficient (Wildman–Crippen LogP) is 3.35. The minimum Gasteiger partial charge on any atom is -0.344 e. The molecule has 1 aromatic heterocycles. The fourth-order valence-electron chi connectivity index (χ4n) is 2.69. The number of amides is 1. The largest absolute Gasteiger partial charge is 0.344 e. The molecule has 0 bridgehead atoms. The molecule has 2 heterocycles. The van der Waals surface area contributed by atoms with Crippen molar-refractivity contribution in [2.45, 2.75) is 25.8 Å². The summed E-state index contributed by atoms with van der Waals surface area (Å²) in [6, 6.07) is 7.20. The van der Waals surface area contributed by atoms with Gasteiger partial charge in [0.15, 0.2) is 0 Å². The Labute approximate surface area is 122 Å². The molecule has 3 rings (SSSR count). The van der Waals surface area contributed by atoms with E-state index in [1.54, 1.807) is 18.3 Å². The van der Waals surface area contributed by atoms with E-state index in [9.17, 15) is 4.79 Å². The summed E-state index contributed by atoms with van der Waals surface area (Å²) < 4.78 is 0. The van der Waals surface area contributed by atoms with Gasteiger partial charge in [-0.15, -0.1) is 0 Å². The van der Waals surface area contributed by atoms with Crippen molar-refractivity contribution in [3.8, 4) is 0 Å². The highest BCUT2D eigenvalue weighted by Crippen LogP contribution is 2.32. The molecule has 2 aromatic rings. The number of carbonyl (C=O) groups is 1. The molecule has 1 amide bonds. The van der Waals surface area contributed by atoms with E-state index in [2.05, 4.69) is 9.97 Å². The molecule has 1 N–H and O–H groups in total. The number of rotatable bonds is 2. The minimum absolute atomic E-state index is 0.0208. The Balaban J connectivity index is 1.89. The molecule has 1 aliphatic heterocycles. The number of nitrogens with zero attached hydrogens (tertiary/aromatic N) is 2. The monoisotopic (exact) mass is 289 g/mol. The summed E-state index contributed by atoms with van der Waals surface area (Å²) in [6.45, 7) is 2.71. The number of aromatic amines is 1. The van der Waals surface area contributed by atoms with Gasteiger partial charge in [-0.3, -0.25) is 4.79 Å². The maximum Gasteiger partial charge on any atom is 0.255 e. The van der Waals surface area contributed by atoms with Crippen LogP contribution in [0.15, 0.2) is 30.5 Å². The summed E-state index contributed by atoms with van der Waals surface area (Å²) >= 11 is 6.12. The van der Waals surface area contributed by atoms with E-state index in [1.165, 1.54) is 0 Å². The third kappa shape index (κ3) is 2.31. The number of benzene rings is 1. The van der Waals surface area contributed by atoms with E-state index in [0.717, 1.165) is 30.9 Å². The van der Waals surface area contributed by atoms with Gasteiger partial charge < -0.3 is 9.88 Å². The molecule has 0 aliphatic carbocycles. The number of nitrogens with one attached hydrogen (secondary N) is 1. The number of hydrogen-bond acceptors (Lipinski definition) is 2. The van der Waals surface area contributed by atoms with E-state index >= 15 is 0 Å². The highest BCUT2D eigenvalue weighted by Gasteiger charge is 2.32. The molecule has 0 spiro atoms. The summed E-state index contributed by atoms with van der Waals surface area (Å²) in [5.74, 6) is 0.840. The van der Waals surface area contributed by atoms with Gasteiger partial charge in [0, 0.05) is 18.4 Å². The number of halogens is 1. The van der Waals surface area contributed by atoms with Crippen LogP contribution in [0.1, 0.15) is 40.8 Å². The molecule has 1 aromatic carbocycles. The van der Waals surface area contributed by atoms with Crippen LogP contribution in [0.4, 0.5) is 0 Å². The van der Waals surface area contributed by atoms with Crippen LogP contribution < -0.4 is 0 Å². The van der Waals surface area contributed by atoms with Gasteiger partial charge in [0.2, 0.25) is 0 Å². The van der Waals surface area contributed by atoms with Gasteiger partial charge in [0.1, 0.15) is 5.82 Å². The third-order valence-electron chi connectivity index (χ3n) is 3.66. The second kappa shape index (κ2) is 5.29. The fourth-order valence-corrected chi connectivity index (χ4v) is 2.90. The second-order valence-corrected chi connectivity index (χ2v) is 5.50. The quantitative estimate of drug-likeness (QED) is 0.922. The molecule has 0 radical (unpaired) electrons. The molecule has 1 saturated heterocycles. The predicted molar refractivity (Wildman–Crippen MR) is 77.8 cm³/mol. The lowest BCUT2D eigenvalue weighted by atomic mass is 10.1. The van der Waals surface area contributed by atoms with Crippen LogP contribution in [-0.4, -0.2) is 27.3 Å². The van der Waals surface area contributed by atoms with Crippen molar-refractivity contribution in [2.24, 2.45) is 0 Å². The van der Waals surface area contributed by atoms with Crippen LogP contribution in [0.25, 0.3) is 0 Å². The van der Waals surface area contributed by atoms with Crippen LogP contribution in [0.3, 0.4) is 0 Å². The van der Waals surface area contributed by atoms with Crippen molar-refractivity contribution in [1.82, 2.24) is 14.9 Å². The minimum atomic E-state index is -0.0212. The van der Waals surface area contributed by atoms with Gasteiger partial charge in [0.05, 0.1) is 16.6 Å². The van der Waals surface area contributed by atoms with Crippen molar-refractivity contribution in [3.63, 3.8) is 0 Å². The standard InChI is InChI=1S/C15H16ClN3O/c1-10-9-17-14(18-10)13-7-4-8-19(13)15(20)11-5-2-3-6-12(11)16/h2-3,5-6,9,13H,4,7-8H2,1H3,(H,17,18)/t13-/m1/s1. The van der Waals surface area contributed by atoms with E-state index in [4.69, 9.17) is 11.6 Å². The summed E-state index contributed by atoms with van der Waals surface area (Å²) in [5.41, 5.74) is 1.57. The molecule has 4 nitrogen and oxygen atoms in total. The van der Waals surface area contributed by atoms with E-state index in [1.807, 2.05) is 24.0 Å². The highest BCUT2D eigenvalue weighted by molar-refractivity contribution is 6.33. The van der Waals surface area contributed by atoms with Gasteiger partial charge in [-0.2, -0.15) is 0 Å². The Morgan fingerprint density at radius 1 is 1.45 bits per heavy atom. The Morgan fingerprint density at radius 2 is 2.25 bits per heavy atom. The highest BCUT2D eigenvalue weighted by atomic mass is 35.5. The number of imidazole rings is 1. The van der Waals surface area contributed by atoms with E-state index in [-0.39, 0.29) is 11.9 Å². The molecule has 20 heavy (non-hydrogen) atoms. The zero-order valence-electron chi connectivity index (χ0n) is 11.3. The van der Waals surface area contributed by atoms with Gasteiger partial charge in [-0.05, 0) is 31.9 Å². The molecule has 1 atom stereocenters. The maximum absolute atomic E-state index is 12.7. The SMILES string of the molecule is Cc1cnc([C@H]2CCCN2C(=O)c2ccccc2Cl)[nH]1. The molecular weight excluding hydrogens is 274 g/mol. The first-order valence-electron chi connectivity index (χ1n) is 6.74. The number of aryl methyl sites for hydroxylation is 1. The zero-order chi connectivity index (χ0) is 14.1. The van der Waals surface area contributed by atoms with Crippen molar-refractivity contribution < 1.29 is 4.79 Å². The first-order valence-corrected chi connectivity index (χ1v) is 7.11. The number of H-pyrrole nitrogens is 1. The van der Waals surface area contributed by atoms with Crippen LogP contribution in [0, 0.1) is 6.92 Å². The van der Waals surface area contributed by atoms with Crippen molar-refractivity contribution in [1.29, 1.82) is 0 Å². The molecule has 0 saturated carbocycles. The Bertz CT molecular complexity index is 638. The second-order valence-electron chi connectivity index (χ2n) is 5.09. The van der Waals surface area contributed by atoms with Crippen molar-refractivity contribution >= 4 is 17.5 Å². The molecule has 0 unspecified atom stereocenters. The first kappa shape index (κ1) is 13.2. The maximum atomic E-state index is 12.7. The lowest BCUT2D eigenvalue weighted by molar-refractivity contribution is 0.0730. The van der Waals surface area contributed by atoms with Crippen LogP contribution >= 0.6 is 11.6 Å². The number of hydrogen-bond donors (Lipinski definition) is 1. The number of carbonyl (C=O) groups excluding carboxylic acids is 1. The average Bonchev–Trinajstić information content (AvgIpc) is 3.06. The van der Waals surface area contributed by atoms with E-state index < -0.39 is 0 Å². The first-order chi connectivity index (χ1) is 9.66. The Hall–Kier alpha value is -1.81. The molecule has 1 fully saturated rings. The lowest BCUT2D eigenvalue weighted by Crippen LogP contribution is -2.31. The van der Waals surface area contributed by atoms with Crippen LogP contribution in [0.2, 0.25) is 5.02 Å². The molecule has 1 aliphatic rings. The third-order valence-corrected chi connectivity index (χ3v) is 3.99. The topological polar surface area (TPSA) is 49.0 Å². The number of likely N-dealkylation sites (tertiary alicyclic amines) is 1. The van der Waals surface area contributed by atoms with Gasteiger partial charge in [-0.25, -0.2) is 4.98 Å². The number of aromatic nitrogens is 2. The van der Waals surface area contributed by atoms with Gasteiger partial charge in [-0.1, -0.05) is 23.7 Å². The Kier molecular flexibility index (Phi) is 3.49. The normalized spacial score (nSPS) is 18.5. The fraction of sp³-hybridized carbons (Fsp3) is 0.333. The Morgan fingerprint density at radius 3 is 2.95 bits per heavy atom. The summed E-state index contributed by atoms with van der Waals surface area (Å²) in [5, 5.41) is 0.499.